The lowest BCUT2D eigenvalue weighted by Gasteiger charge is -2.24. The Labute approximate surface area is 160 Å². The number of methoxy groups -OCH3 is 2. The Morgan fingerprint density at radius 3 is 2.68 bits per heavy atom. The van der Waals surface area contributed by atoms with Crippen LogP contribution in [0.15, 0.2) is 46.9 Å². The average Bonchev–Trinajstić information content (AvgIpc) is 3.00. The molecule has 0 aromatic heterocycles. The standard InChI is InChI=1S/C19H20BrNO3S/c1-23-16-7-6-13(10-17(16)24-2)8-9-21-18(22)12-25-19(21)14-4-3-5-15(20)11-14/h3-7,10-11,19H,8-9,12H2,1-2H3. The zero-order valence-electron chi connectivity index (χ0n) is 14.2. The number of rotatable bonds is 6. The highest BCUT2D eigenvalue weighted by Gasteiger charge is 2.32. The molecule has 3 rings (SSSR count). The van der Waals surface area contributed by atoms with Gasteiger partial charge in [0.15, 0.2) is 11.5 Å². The summed E-state index contributed by atoms with van der Waals surface area (Å²) in [5.74, 6) is 2.15. The van der Waals surface area contributed by atoms with Crippen LogP contribution in [-0.2, 0) is 11.2 Å². The van der Waals surface area contributed by atoms with Gasteiger partial charge in [-0.1, -0.05) is 34.1 Å². The number of benzene rings is 2. The second-order valence-corrected chi connectivity index (χ2v) is 7.73. The number of hydrogen-bond acceptors (Lipinski definition) is 4. The Hall–Kier alpha value is -1.66. The fourth-order valence-corrected chi connectivity index (χ4v) is 4.54. The summed E-state index contributed by atoms with van der Waals surface area (Å²) in [6, 6.07) is 14.1. The molecule has 1 saturated heterocycles. The first-order valence-electron chi connectivity index (χ1n) is 8.00. The van der Waals surface area contributed by atoms with Gasteiger partial charge in [-0.2, -0.15) is 0 Å². The van der Waals surface area contributed by atoms with Gasteiger partial charge < -0.3 is 14.4 Å². The van der Waals surface area contributed by atoms with Crippen LogP contribution in [0.5, 0.6) is 11.5 Å². The first kappa shape index (κ1) is 18.1. The molecule has 6 heteroatoms. The van der Waals surface area contributed by atoms with Gasteiger partial charge in [0.2, 0.25) is 5.91 Å². The second kappa shape index (κ2) is 8.15. The number of carbonyl (C=O) groups is 1. The van der Waals surface area contributed by atoms with Gasteiger partial charge in [0.1, 0.15) is 5.37 Å². The van der Waals surface area contributed by atoms with E-state index < -0.39 is 0 Å². The molecule has 1 unspecified atom stereocenters. The molecule has 2 aromatic carbocycles. The number of hydrogen-bond donors (Lipinski definition) is 0. The van der Waals surface area contributed by atoms with Crippen LogP contribution in [0.2, 0.25) is 0 Å². The molecule has 4 nitrogen and oxygen atoms in total. The molecule has 0 radical (unpaired) electrons. The van der Waals surface area contributed by atoms with E-state index in [4.69, 9.17) is 9.47 Å². The lowest BCUT2D eigenvalue weighted by Crippen LogP contribution is -2.30. The highest BCUT2D eigenvalue weighted by atomic mass is 79.9. The smallest absolute Gasteiger partial charge is 0.233 e. The van der Waals surface area contributed by atoms with Crippen molar-refractivity contribution in [1.82, 2.24) is 4.90 Å². The van der Waals surface area contributed by atoms with Crippen LogP contribution in [-0.4, -0.2) is 37.3 Å². The van der Waals surface area contributed by atoms with Crippen molar-refractivity contribution >= 4 is 33.6 Å². The molecule has 1 aliphatic rings. The minimum absolute atomic E-state index is 0.0742. The fraction of sp³-hybridized carbons (Fsp3) is 0.316. The predicted molar refractivity (Wildman–Crippen MR) is 104 cm³/mol. The molecule has 132 valence electrons. The molecule has 1 amide bonds. The molecule has 0 N–H and O–H groups in total. The maximum Gasteiger partial charge on any atom is 0.233 e. The van der Waals surface area contributed by atoms with E-state index in [1.54, 1.807) is 26.0 Å². The molecule has 0 bridgehead atoms. The van der Waals surface area contributed by atoms with Gasteiger partial charge in [0.25, 0.3) is 0 Å². The third-order valence-electron chi connectivity index (χ3n) is 4.19. The van der Waals surface area contributed by atoms with Gasteiger partial charge in [-0.25, -0.2) is 0 Å². The highest BCUT2D eigenvalue weighted by Crippen LogP contribution is 2.39. The molecule has 1 atom stereocenters. The Morgan fingerprint density at radius 1 is 1.16 bits per heavy atom. The van der Waals surface area contributed by atoms with Crippen molar-refractivity contribution in [3.05, 3.63) is 58.1 Å². The number of thioether (sulfide) groups is 1. The predicted octanol–water partition coefficient (Wildman–Crippen LogP) is 4.28. The van der Waals surface area contributed by atoms with Crippen molar-refractivity contribution < 1.29 is 14.3 Å². The lowest BCUT2D eigenvalue weighted by atomic mass is 10.1. The number of amides is 1. The Bertz CT molecular complexity index is 768. The molecule has 1 heterocycles. The van der Waals surface area contributed by atoms with Crippen LogP contribution >= 0.6 is 27.7 Å². The summed E-state index contributed by atoms with van der Waals surface area (Å²) < 4.78 is 11.7. The molecular weight excluding hydrogens is 402 g/mol. The number of halogens is 1. The molecule has 0 saturated carbocycles. The monoisotopic (exact) mass is 421 g/mol. The zero-order valence-corrected chi connectivity index (χ0v) is 16.6. The van der Waals surface area contributed by atoms with Crippen molar-refractivity contribution in [2.24, 2.45) is 0 Å². The third-order valence-corrected chi connectivity index (χ3v) is 5.94. The summed E-state index contributed by atoms with van der Waals surface area (Å²) >= 11 is 5.19. The van der Waals surface area contributed by atoms with Crippen molar-refractivity contribution in [2.45, 2.75) is 11.8 Å². The third kappa shape index (κ3) is 4.12. The van der Waals surface area contributed by atoms with Gasteiger partial charge in [-0.15, -0.1) is 11.8 Å². The van der Waals surface area contributed by atoms with Crippen LogP contribution in [0.25, 0.3) is 0 Å². The van der Waals surface area contributed by atoms with E-state index in [0.717, 1.165) is 22.0 Å². The summed E-state index contributed by atoms with van der Waals surface area (Å²) in [4.78, 5) is 14.3. The Balaban J connectivity index is 1.73. The Kier molecular flexibility index (Phi) is 5.91. The van der Waals surface area contributed by atoms with E-state index in [0.29, 0.717) is 23.8 Å². The van der Waals surface area contributed by atoms with E-state index in [-0.39, 0.29) is 11.3 Å². The maximum atomic E-state index is 12.3. The zero-order chi connectivity index (χ0) is 17.8. The molecular formula is C19H20BrNO3S. The first-order chi connectivity index (χ1) is 12.1. The molecule has 0 aliphatic carbocycles. The van der Waals surface area contributed by atoms with Crippen molar-refractivity contribution in [2.75, 3.05) is 26.5 Å². The van der Waals surface area contributed by atoms with Crippen LogP contribution in [0.1, 0.15) is 16.5 Å². The second-order valence-electron chi connectivity index (χ2n) is 5.74. The van der Waals surface area contributed by atoms with E-state index >= 15 is 0 Å². The summed E-state index contributed by atoms with van der Waals surface area (Å²) in [6.45, 7) is 0.679. The van der Waals surface area contributed by atoms with Crippen molar-refractivity contribution in [3.63, 3.8) is 0 Å². The fourth-order valence-electron chi connectivity index (χ4n) is 2.92. The van der Waals surface area contributed by atoms with Gasteiger partial charge in [0, 0.05) is 11.0 Å². The highest BCUT2D eigenvalue weighted by molar-refractivity contribution is 9.10. The molecule has 1 aliphatic heterocycles. The van der Waals surface area contributed by atoms with Crippen LogP contribution < -0.4 is 9.47 Å². The molecule has 0 spiro atoms. The maximum absolute atomic E-state index is 12.3. The number of nitrogens with zero attached hydrogens (tertiary/aromatic N) is 1. The summed E-state index contributed by atoms with van der Waals surface area (Å²) in [5, 5.41) is 0.0742. The molecule has 25 heavy (non-hydrogen) atoms. The number of carbonyl (C=O) groups excluding carboxylic acids is 1. The topological polar surface area (TPSA) is 38.8 Å². The lowest BCUT2D eigenvalue weighted by molar-refractivity contribution is -0.128. The largest absolute Gasteiger partial charge is 0.493 e. The van der Waals surface area contributed by atoms with E-state index in [2.05, 4.69) is 28.1 Å². The quantitative estimate of drug-likeness (QED) is 0.697. The van der Waals surface area contributed by atoms with E-state index in [9.17, 15) is 4.79 Å². The van der Waals surface area contributed by atoms with Gasteiger partial charge >= 0.3 is 0 Å². The normalized spacial score (nSPS) is 17.0. The SMILES string of the molecule is COc1ccc(CCN2C(=O)CSC2c2cccc(Br)c2)cc1OC. The van der Waals surface area contributed by atoms with Gasteiger partial charge in [-0.3, -0.25) is 4.79 Å². The van der Waals surface area contributed by atoms with E-state index in [1.807, 2.05) is 35.2 Å². The number of ether oxygens (including phenoxy) is 2. The summed E-state index contributed by atoms with van der Waals surface area (Å²) in [7, 11) is 3.26. The van der Waals surface area contributed by atoms with Crippen molar-refractivity contribution in [1.29, 1.82) is 0 Å². The minimum atomic E-state index is 0.0742. The van der Waals surface area contributed by atoms with Crippen molar-refractivity contribution in [3.8, 4) is 11.5 Å². The first-order valence-corrected chi connectivity index (χ1v) is 9.84. The summed E-state index contributed by atoms with van der Waals surface area (Å²) in [5.41, 5.74) is 2.27. The van der Waals surface area contributed by atoms with Crippen LogP contribution in [0, 0.1) is 0 Å². The summed E-state index contributed by atoms with van der Waals surface area (Å²) in [6.07, 6.45) is 0.775. The average molecular weight is 422 g/mol. The van der Waals surface area contributed by atoms with E-state index in [1.165, 1.54) is 0 Å². The van der Waals surface area contributed by atoms with Crippen LogP contribution in [0.4, 0.5) is 0 Å². The molecule has 2 aromatic rings. The molecule has 1 fully saturated rings. The minimum Gasteiger partial charge on any atom is -0.493 e. The van der Waals surface area contributed by atoms with Gasteiger partial charge in [-0.05, 0) is 41.8 Å². The Morgan fingerprint density at radius 2 is 1.96 bits per heavy atom. The van der Waals surface area contributed by atoms with Gasteiger partial charge in [0.05, 0.1) is 20.0 Å². The van der Waals surface area contributed by atoms with Crippen LogP contribution in [0.3, 0.4) is 0 Å².